The summed E-state index contributed by atoms with van der Waals surface area (Å²) in [4.78, 5) is 6.29. The van der Waals surface area contributed by atoms with Crippen molar-refractivity contribution >= 4 is 10.0 Å². The SMILES string of the molecule is O=S(=O)(C1CCCN(CCn2ccnc2)C1)N1CCOCC1. The maximum atomic E-state index is 12.7. The lowest BCUT2D eigenvalue weighted by Crippen LogP contribution is -2.51. The molecule has 0 radical (unpaired) electrons. The van der Waals surface area contributed by atoms with Gasteiger partial charge in [0.05, 0.1) is 24.8 Å². The molecule has 3 rings (SSSR count). The van der Waals surface area contributed by atoms with Gasteiger partial charge in [0, 0.05) is 45.1 Å². The lowest BCUT2D eigenvalue weighted by molar-refractivity contribution is 0.0719. The van der Waals surface area contributed by atoms with Gasteiger partial charge >= 0.3 is 0 Å². The summed E-state index contributed by atoms with van der Waals surface area (Å²) in [5, 5.41) is -0.276. The summed E-state index contributed by atoms with van der Waals surface area (Å²) in [5.74, 6) is 0. The first-order chi connectivity index (χ1) is 10.7. The number of hydrogen-bond acceptors (Lipinski definition) is 5. The van der Waals surface area contributed by atoms with Gasteiger partial charge in [-0.05, 0) is 19.4 Å². The summed E-state index contributed by atoms with van der Waals surface area (Å²) in [6, 6.07) is 0. The molecule has 2 aliphatic heterocycles. The summed E-state index contributed by atoms with van der Waals surface area (Å²) >= 11 is 0. The summed E-state index contributed by atoms with van der Waals surface area (Å²) in [5.41, 5.74) is 0. The van der Waals surface area contributed by atoms with Crippen molar-refractivity contribution in [1.82, 2.24) is 18.8 Å². The summed E-state index contributed by atoms with van der Waals surface area (Å²) in [6.45, 7) is 5.34. The molecule has 2 saturated heterocycles. The number of hydrogen-bond donors (Lipinski definition) is 0. The first kappa shape index (κ1) is 15.9. The van der Waals surface area contributed by atoms with E-state index in [2.05, 4.69) is 9.88 Å². The quantitative estimate of drug-likeness (QED) is 0.762. The van der Waals surface area contributed by atoms with Crippen LogP contribution >= 0.6 is 0 Å². The molecule has 0 amide bonds. The van der Waals surface area contributed by atoms with Crippen LogP contribution < -0.4 is 0 Å². The smallest absolute Gasteiger partial charge is 0.218 e. The fraction of sp³-hybridized carbons (Fsp3) is 0.786. The van der Waals surface area contributed by atoms with E-state index in [0.29, 0.717) is 32.8 Å². The minimum Gasteiger partial charge on any atom is -0.379 e. The Morgan fingerprint density at radius 2 is 2.00 bits per heavy atom. The van der Waals surface area contributed by atoms with Gasteiger partial charge in [-0.2, -0.15) is 4.31 Å². The average Bonchev–Trinajstić information content (AvgIpc) is 3.07. The second kappa shape index (κ2) is 7.08. The number of likely N-dealkylation sites (tertiary alicyclic amines) is 1. The van der Waals surface area contributed by atoms with Crippen LogP contribution in [-0.4, -0.2) is 78.4 Å². The maximum absolute atomic E-state index is 12.7. The van der Waals surface area contributed by atoms with Gasteiger partial charge in [0.15, 0.2) is 0 Å². The van der Waals surface area contributed by atoms with E-state index in [0.717, 1.165) is 32.5 Å². The predicted octanol–water partition coefficient (Wildman–Crippen LogP) is 0.00950. The third-order valence-electron chi connectivity index (χ3n) is 4.45. The number of imidazole rings is 1. The fourth-order valence-corrected chi connectivity index (χ4v) is 5.09. The number of rotatable bonds is 5. The van der Waals surface area contributed by atoms with Crippen LogP contribution in [0.4, 0.5) is 0 Å². The van der Waals surface area contributed by atoms with Crippen LogP contribution in [0.2, 0.25) is 0 Å². The number of aromatic nitrogens is 2. The highest BCUT2D eigenvalue weighted by atomic mass is 32.2. The van der Waals surface area contributed by atoms with E-state index < -0.39 is 10.0 Å². The van der Waals surface area contributed by atoms with Crippen molar-refractivity contribution in [1.29, 1.82) is 0 Å². The zero-order chi connectivity index (χ0) is 15.4. The van der Waals surface area contributed by atoms with E-state index in [1.54, 1.807) is 16.8 Å². The van der Waals surface area contributed by atoms with Gasteiger partial charge in [0.2, 0.25) is 10.0 Å². The number of morpholine rings is 1. The molecule has 124 valence electrons. The zero-order valence-corrected chi connectivity index (χ0v) is 13.6. The minimum absolute atomic E-state index is 0.276. The molecule has 1 atom stereocenters. The molecule has 7 nitrogen and oxygen atoms in total. The molecule has 0 bridgehead atoms. The molecule has 22 heavy (non-hydrogen) atoms. The van der Waals surface area contributed by atoms with Crippen molar-refractivity contribution < 1.29 is 13.2 Å². The first-order valence-corrected chi connectivity index (χ1v) is 9.41. The van der Waals surface area contributed by atoms with Crippen LogP contribution in [0.1, 0.15) is 12.8 Å². The Bertz CT molecular complexity index is 555. The second-order valence-corrected chi connectivity index (χ2v) is 8.13. The Morgan fingerprint density at radius 1 is 1.18 bits per heavy atom. The normalized spacial score (nSPS) is 25.4. The van der Waals surface area contributed by atoms with Gasteiger partial charge in [0.1, 0.15) is 0 Å². The molecule has 0 N–H and O–H groups in total. The molecule has 1 aromatic rings. The molecule has 8 heteroatoms. The monoisotopic (exact) mass is 328 g/mol. The van der Waals surface area contributed by atoms with Gasteiger partial charge in [-0.3, -0.25) is 0 Å². The first-order valence-electron chi connectivity index (χ1n) is 7.91. The lowest BCUT2D eigenvalue weighted by Gasteiger charge is -2.36. The van der Waals surface area contributed by atoms with Gasteiger partial charge in [-0.15, -0.1) is 0 Å². The van der Waals surface area contributed by atoms with Gasteiger partial charge in [-0.1, -0.05) is 0 Å². The summed E-state index contributed by atoms with van der Waals surface area (Å²) in [7, 11) is -3.20. The summed E-state index contributed by atoms with van der Waals surface area (Å²) in [6.07, 6.45) is 7.21. The largest absolute Gasteiger partial charge is 0.379 e. The molecule has 3 heterocycles. The molecule has 2 aliphatic rings. The van der Waals surface area contributed by atoms with Crippen molar-refractivity contribution in [2.75, 3.05) is 45.9 Å². The van der Waals surface area contributed by atoms with Gasteiger partial charge in [0.25, 0.3) is 0 Å². The molecule has 1 aromatic heterocycles. The van der Waals surface area contributed by atoms with E-state index in [1.807, 2.05) is 10.8 Å². The Balaban J connectivity index is 1.57. The number of ether oxygens (including phenoxy) is 1. The van der Waals surface area contributed by atoms with Gasteiger partial charge in [-0.25, -0.2) is 13.4 Å². The van der Waals surface area contributed by atoms with E-state index in [9.17, 15) is 8.42 Å². The lowest BCUT2D eigenvalue weighted by atomic mass is 10.1. The number of nitrogens with zero attached hydrogens (tertiary/aromatic N) is 4. The zero-order valence-electron chi connectivity index (χ0n) is 12.8. The van der Waals surface area contributed by atoms with Crippen molar-refractivity contribution in [3.05, 3.63) is 18.7 Å². The summed E-state index contributed by atoms with van der Waals surface area (Å²) < 4.78 is 34.4. The molecule has 2 fully saturated rings. The highest BCUT2D eigenvalue weighted by molar-refractivity contribution is 7.89. The van der Waals surface area contributed by atoms with Crippen molar-refractivity contribution in [2.45, 2.75) is 24.6 Å². The van der Waals surface area contributed by atoms with E-state index in [1.165, 1.54) is 0 Å². The Labute approximate surface area is 131 Å². The standard InChI is InChI=1S/C14H24N4O3S/c19-22(20,18-8-10-21-11-9-18)14-2-1-4-16(12-14)6-7-17-5-3-15-13-17/h3,5,13-14H,1-2,4,6-12H2. The second-order valence-electron chi connectivity index (χ2n) is 5.92. The molecule has 0 aromatic carbocycles. The molecular formula is C14H24N4O3S. The molecule has 0 spiro atoms. The molecule has 0 aliphatic carbocycles. The molecule has 1 unspecified atom stereocenters. The number of piperidine rings is 1. The highest BCUT2D eigenvalue weighted by Crippen LogP contribution is 2.21. The van der Waals surface area contributed by atoms with E-state index in [-0.39, 0.29) is 5.25 Å². The minimum atomic E-state index is -3.20. The van der Waals surface area contributed by atoms with Crippen molar-refractivity contribution in [3.63, 3.8) is 0 Å². The third kappa shape index (κ3) is 3.68. The van der Waals surface area contributed by atoms with Gasteiger partial charge < -0.3 is 14.2 Å². The topological polar surface area (TPSA) is 67.7 Å². The maximum Gasteiger partial charge on any atom is 0.218 e. The molecule has 0 saturated carbocycles. The Kier molecular flexibility index (Phi) is 5.12. The van der Waals surface area contributed by atoms with Crippen LogP contribution in [0, 0.1) is 0 Å². The van der Waals surface area contributed by atoms with E-state index >= 15 is 0 Å². The fourth-order valence-electron chi connectivity index (χ4n) is 3.15. The van der Waals surface area contributed by atoms with Crippen LogP contribution in [0.3, 0.4) is 0 Å². The van der Waals surface area contributed by atoms with Crippen LogP contribution in [0.5, 0.6) is 0 Å². The van der Waals surface area contributed by atoms with Crippen LogP contribution in [0.15, 0.2) is 18.7 Å². The molecular weight excluding hydrogens is 304 g/mol. The van der Waals surface area contributed by atoms with E-state index in [4.69, 9.17) is 4.74 Å². The van der Waals surface area contributed by atoms with Crippen LogP contribution in [-0.2, 0) is 21.3 Å². The van der Waals surface area contributed by atoms with Crippen molar-refractivity contribution in [3.8, 4) is 0 Å². The Hall–Kier alpha value is -0.960. The van der Waals surface area contributed by atoms with Crippen LogP contribution in [0.25, 0.3) is 0 Å². The van der Waals surface area contributed by atoms with Crippen molar-refractivity contribution in [2.24, 2.45) is 0 Å². The predicted molar refractivity (Wildman–Crippen MR) is 83.0 cm³/mol. The Morgan fingerprint density at radius 3 is 2.73 bits per heavy atom. The number of sulfonamides is 1. The average molecular weight is 328 g/mol. The third-order valence-corrected chi connectivity index (χ3v) is 6.76. The highest BCUT2D eigenvalue weighted by Gasteiger charge is 2.35.